The summed E-state index contributed by atoms with van der Waals surface area (Å²) < 4.78 is 5.22. The van der Waals surface area contributed by atoms with Crippen molar-refractivity contribution >= 4 is 11.8 Å². The average molecular weight is 295 g/mol. The van der Waals surface area contributed by atoms with Gasteiger partial charge in [0.2, 0.25) is 11.6 Å². The van der Waals surface area contributed by atoms with Crippen molar-refractivity contribution in [1.82, 2.24) is 4.98 Å². The summed E-state index contributed by atoms with van der Waals surface area (Å²) in [4.78, 5) is 3.70. The van der Waals surface area contributed by atoms with Crippen LogP contribution in [-0.2, 0) is 0 Å². The van der Waals surface area contributed by atoms with Gasteiger partial charge in [0.15, 0.2) is 0 Å². The highest BCUT2D eigenvalue weighted by molar-refractivity contribution is 6.11. The van der Waals surface area contributed by atoms with Crippen molar-refractivity contribution in [2.45, 2.75) is 0 Å². The van der Waals surface area contributed by atoms with E-state index in [1.807, 2.05) is 18.2 Å². The molecule has 0 spiro atoms. The van der Waals surface area contributed by atoms with E-state index >= 15 is 0 Å². The molecule has 22 heavy (non-hydrogen) atoms. The molecule has 0 amide bonds. The highest BCUT2D eigenvalue weighted by Gasteiger charge is 2.16. The van der Waals surface area contributed by atoms with E-state index in [0.717, 1.165) is 0 Å². The molecule has 1 aliphatic carbocycles. The number of hydrogen-bond acceptors (Lipinski definition) is 5. The Labute approximate surface area is 125 Å². The van der Waals surface area contributed by atoms with Crippen LogP contribution in [-0.4, -0.2) is 20.7 Å². The Hall–Kier alpha value is -3.28. The van der Waals surface area contributed by atoms with Gasteiger partial charge in [0.25, 0.3) is 0 Å². The summed E-state index contributed by atoms with van der Waals surface area (Å²) in [5.41, 5.74) is 1.13. The molecule has 110 valence electrons. The number of rotatable bonds is 2. The molecule has 1 aromatic heterocycles. The van der Waals surface area contributed by atoms with Crippen LogP contribution in [0.15, 0.2) is 64.6 Å². The molecule has 0 aliphatic heterocycles. The van der Waals surface area contributed by atoms with Crippen molar-refractivity contribution in [2.24, 2.45) is 0 Å². The van der Waals surface area contributed by atoms with E-state index in [-0.39, 0.29) is 23.2 Å². The molecule has 0 saturated carbocycles. The summed E-state index contributed by atoms with van der Waals surface area (Å²) in [5.74, 6) is -0.125. The number of aromatic hydroxyl groups is 1. The molecule has 0 unspecified atom stereocenters. The van der Waals surface area contributed by atoms with Crippen molar-refractivity contribution in [3.63, 3.8) is 0 Å². The molecule has 2 aromatic rings. The topological polar surface area (TPSA) is 95.4 Å². The summed E-state index contributed by atoms with van der Waals surface area (Å²) in [7, 11) is 0. The predicted octanol–water partition coefficient (Wildman–Crippen LogP) is 3.01. The highest BCUT2D eigenvalue weighted by atomic mass is 16.8. The zero-order chi connectivity index (χ0) is 15.5. The monoisotopic (exact) mass is 295 g/mol. The SMILES string of the molecule is [O-][N+]([O-])=C1C=CC=CC1=Cc1nc(-c2ccccc2)oc1O. The number of hydrogen-bond donors (Lipinski definition) is 1. The first-order valence-electron chi connectivity index (χ1n) is 6.48. The van der Waals surface area contributed by atoms with E-state index in [0.29, 0.717) is 11.1 Å². The third-order valence-electron chi connectivity index (χ3n) is 3.08. The predicted molar refractivity (Wildman–Crippen MR) is 81.9 cm³/mol. The van der Waals surface area contributed by atoms with E-state index in [9.17, 15) is 15.5 Å². The van der Waals surface area contributed by atoms with Crippen molar-refractivity contribution in [1.29, 1.82) is 0 Å². The number of benzene rings is 1. The summed E-state index contributed by atoms with van der Waals surface area (Å²) in [6.07, 6.45) is 7.64. The van der Waals surface area contributed by atoms with Crippen LogP contribution in [0.5, 0.6) is 5.95 Å². The Morgan fingerprint density at radius 2 is 1.82 bits per heavy atom. The molecule has 1 aliphatic rings. The van der Waals surface area contributed by atoms with Crippen LogP contribution in [0.25, 0.3) is 17.5 Å². The van der Waals surface area contributed by atoms with Gasteiger partial charge < -0.3 is 19.9 Å². The Kier molecular flexibility index (Phi) is 3.49. The van der Waals surface area contributed by atoms with Crippen molar-refractivity contribution in [2.75, 3.05) is 0 Å². The Morgan fingerprint density at radius 3 is 2.55 bits per heavy atom. The minimum absolute atomic E-state index is 0.0637. The molecule has 3 rings (SSSR count). The first kappa shape index (κ1) is 13.7. The van der Waals surface area contributed by atoms with Crippen LogP contribution in [0, 0.1) is 10.4 Å². The summed E-state index contributed by atoms with van der Waals surface area (Å²) in [6.45, 7) is 0. The molecule has 1 heterocycles. The minimum Gasteiger partial charge on any atom is -0.612 e. The number of allylic oxidation sites excluding steroid dienone is 5. The molecular weight excluding hydrogens is 284 g/mol. The van der Waals surface area contributed by atoms with Gasteiger partial charge in [-0.25, -0.2) is 4.98 Å². The second-order valence-corrected chi connectivity index (χ2v) is 4.54. The first-order chi connectivity index (χ1) is 10.6. The molecule has 0 saturated heterocycles. The molecular formula is C16H11N2O4-. The fourth-order valence-electron chi connectivity index (χ4n) is 2.05. The molecule has 0 fully saturated rings. The fraction of sp³-hybridized carbons (Fsp3) is 0. The number of aromatic nitrogens is 1. The van der Waals surface area contributed by atoms with Gasteiger partial charge in [0.1, 0.15) is 5.69 Å². The van der Waals surface area contributed by atoms with Gasteiger partial charge in [-0.2, -0.15) is 4.90 Å². The summed E-state index contributed by atoms with van der Waals surface area (Å²) in [6, 6.07) is 9.08. The Morgan fingerprint density at radius 1 is 1.09 bits per heavy atom. The highest BCUT2D eigenvalue weighted by Crippen LogP contribution is 2.28. The maximum absolute atomic E-state index is 11.0. The lowest BCUT2D eigenvalue weighted by molar-refractivity contribution is -0.377. The van der Waals surface area contributed by atoms with Gasteiger partial charge in [-0.1, -0.05) is 30.4 Å². The van der Waals surface area contributed by atoms with Crippen LogP contribution < -0.4 is 0 Å². The third kappa shape index (κ3) is 2.62. The van der Waals surface area contributed by atoms with E-state index in [1.54, 1.807) is 30.4 Å². The van der Waals surface area contributed by atoms with Crippen molar-refractivity contribution in [3.8, 4) is 17.4 Å². The molecule has 0 radical (unpaired) electrons. The third-order valence-corrected chi connectivity index (χ3v) is 3.08. The van der Waals surface area contributed by atoms with Crippen LogP contribution in [0.1, 0.15) is 5.69 Å². The van der Waals surface area contributed by atoms with Gasteiger partial charge in [-0.15, -0.1) is 0 Å². The standard InChI is InChI=1S/C16H11N2O4/c19-16-13(10-12-8-4-5-9-14(12)18(20)21)17-15(22-16)11-6-2-1-3-7-11/h1-10H,(H-,19,20,21)/q-1. The molecule has 6 heteroatoms. The van der Waals surface area contributed by atoms with Crippen LogP contribution in [0.2, 0.25) is 0 Å². The van der Waals surface area contributed by atoms with Gasteiger partial charge in [-0.05, 0) is 24.3 Å². The summed E-state index contributed by atoms with van der Waals surface area (Å²) >= 11 is 0. The largest absolute Gasteiger partial charge is 0.612 e. The van der Waals surface area contributed by atoms with Crippen LogP contribution in [0.4, 0.5) is 0 Å². The van der Waals surface area contributed by atoms with Crippen molar-refractivity contribution < 1.29 is 14.4 Å². The second kappa shape index (κ2) is 5.61. The van der Waals surface area contributed by atoms with Crippen molar-refractivity contribution in [3.05, 3.63) is 76.3 Å². The zero-order valence-corrected chi connectivity index (χ0v) is 11.3. The second-order valence-electron chi connectivity index (χ2n) is 4.54. The first-order valence-corrected chi connectivity index (χ1v) is 6.48. The number of nitrogens with zero attached hydrogens (tertiary/aromatic N) is 2. The molecule has 0 bridgehead atoms. The molecule has 6 nitrogen and oxygen atoms in total. The Bertz CT molecular complexity index is 810. The van der Waals surface area contributed by atoms with Gasteiger partial charge in [-0.3, -0.25) is 0 Å². The lowest BCUT2D eigenvalue weighted by Gasteiger charge is -2.10. The number of oxazole rings is 1. The fourth-order valence-corrected chi connectivity index (χ4v) is 2.05. The van der Waals surface area contributed by atoms with E-state index < -0.39 is 4.90 Å². The van der Waals surface area contributed by atoms with E-state index in [2.05, 4.69) is 4.98 Å². The Balaban J connectivity index is 2.02. The van der Waals surface area contributed by atoms with E-state index in [4.69, 9.17) is 4.42 Å². The van der Waals surface area contributed by atoms with E-state index in [1.165, 1.54) is 12.2 Å². The molecule has 1 aromatic carbocycles. The normalized spacial score (nSPS) is 15.5. The molecule has 0 atom stereocenters. The maximum atomic E-state index is 11.0. The average Bonchev–Trinajstić information content (AvgIpc) is 2.90. The maximum Gasteiger partial charge on any atom is 0.310 e. The smallest absolute Gasteiger partial charge is 0.310 e. The zero-order valence-electron chi connectivity index (χ0n) is 11.3. The van der Waals surface area contributed by atoms with Gasteiger partial charge in [0.05, 0.1) is 5.57 Å². The lowest BCUT2D eigenvalue weighted by Crippen LogP contribution is -2.11. The van der Waals surface area contributed by atoms with Gasteiger partial charge in [0, 0.05) is 11.6 Å². The quantitative estimate of drug-likeness (QED) is 0.678. The minimum atomic E-state index is -0.485. The molecule has 1 N–H and O–H groups in total. The summed E-state index contributed by atoms with van der Waals surface area (Å²) in [5, 5.41) is 31.9. The van der Waals surface area contributed by atoms with Crippen LogP contribution >= 0.6 is 0 Å². The lowest BCUT2D eigenvalue weighted by atomic mass is 10.0. The van der Waals surface area contributed by atoms with Crippen LogP contribution in [0.3, 0.4) is 0 Å². The van der Waals surface area contributed by atoms with Gasteiger partial charge >= 0.3 is 5.95 Å².